The van der Waals surface area contributed by atoms with E-state index in [1.54, 1.807) is 41.4 Å². The van der Waals surface area contributed by atoms with E-state index < -0.39 is 18.2 Å². The van der Waals surface area contributed by atoms with Crippen molar-refractivity contribution < 1.29 is 22.7 Å². The number of H-pyrrole nitrogens is 1. The molecular weight excluding hydrogens is 361 g/mol. The van der Waals surface area contributed by atoms with Gasteiger partial charge in [-0.05, 0) is 24.3 Å². The monoisotopic (exact) mass is 376 g/mol. The number of hydrogen-bond donors (Lipinski definition) is 2. The van der Waals surface area contributed by atoms with Crippen molar-refractivity contribution in [3.8, 4) is 5.88 Å². The molecule has 1 aromatic carbocycles. The molecule has 6 nitrogen and oxygen atoms in total. The van der Waals surface area contributed by atoms with Crippen molar-refractivity contribution in [1.29, 1.82) is 0 Å². The van der Waals surface area contributed by atoms with Crippen molar-refractivity contribution in [1.82, 2.24) is 9.97 Å². The van der Waals surface area contributed by atoms with E-state index in [9.17, 15) is 18.0 Å². The maximum absolute atomic E-state index is 13.4. The van der Waals surface area contributed by atoms with E-state index in [1.807, 2.05) is 0 Å². The number of ether oxygens (including phenoxy) is 1. The van der Waals surface area contributed by atoms with Crippen LogP contribution in [0.25, 0.3) is 11.0 Å². The van der Waals surface area contributed by atoms with Gasteiger partial charge in [0.25, 0.3) is 5.91 Å². The van der Waals surface area contributed by atoms with Crippen LogP contribution in [0.4, 0.5) is 24.5 Å². The molecule has 0 saturated heterocycles. The van der Waals surface area contributed by atoms with E-state index in [1.165, 1.54) is 6.07 Å². The molecule has 0 fully saturated rings. The summed E-state index contributed by atoms with van der Waals surface area (Å²) in [7, 11) is 0. The molecule has 0 bridgehead atoms. The zero-order valence-electron chi connectivity index (χ0n) is 14.0. The molecule has 2 aromatic heterocycles. The Kier molecular flexibility index (Phi) is 3.94. The summed E-state index contributed by atoms with van der Waals surface area (Å²) in [4.78, 5) is 20.5. The van der Waals surface area contributed by atoms with Crippen molar-refractivity contribution in [3.63, 3.8) is 0 Å². The van der Waals surface area contributed by atoms with Gasteiger partial charge in [-0.25, -0.2) is 0 Å². The molecule has 0 spiro atoms. The lowest BCUT2D eigenvalue weighted by Gasteiger charge is -2.25. The maximum atomic E-state index is 13.4. The van der Waals surface area contributed by atoms with Crippen molar-refractivity contribution in [3.05, 3.63) is 48.2 Å². The van der Waals surface area contributed by atoms with Crippen LogP contribution < -0.4 is 15.4 Å². The highest BCUT2D eigenvalue weighted by molar-refractivity contribution is 6.00. The van der Waals surface area contributed by atoms with Crippen LogP contribution in [0.3, 0.4) is 0 Å². The Morgan fingerprint density at radius 3 is 2.78 bits per heavy atom. The third-order valence-corrected chi connectivity index (χ3v) is 4.47. The number of anilines is 2. The third kappa shape index (κ3) is 3.05. The number of para-hydroxylation sites is 1. The zero-order chi connectivity index (χ0) is 19.2. The number of fused-ring (bicyclic) bond motifs is 2. The summed E-state index contributed by atoms with van der Waals surface area (Å²) in [5.41, 5.74) is 6.84. The second-order valence-corrected chi connectivity index (χ2v) is 6.20. The molecule has 3 aromatic rings. The number of pyridine rings is 1. The first kappa shape index (κ1) is 17.2. The Bertz CT molecular complexity index is 1020. The molecule has 0 aliphatic carbocycles. The van der Waals surface area contributed by atoms with Gasteiger partial charge in [0, 0.05) is 24.5 Å². The summed E-state index contributed by atoms with van der Waals surface area (Å²) < 4.78 is 45.3. The van der Waals surface area contributed by atoms with E-state index in [0.29, 0.717) is 22.4 Å². The Morgan fingerprint density at radius 2 is 2.04 bits per heavy atom. The van der Waals surface area contributed by atoms with E-state index in [-0.39, 0.29) is 24.4 Å². The smallest absolute Gasteiger partial charge is 0.425 e. The number of aromatic nitrogens is 2. The Hall–Kier alpha value is -3.23. The number of primary amides is 1. The quantitative estimate of drug-likeness (QED) is 0.717. The maximum Gasteiger partial charge on any atom is 0.425 e. The molecule has 1 amide bonds. The van der Waals surface area contributed by atoms with Gasteiger partial charge in [-0.1, -0.05) is 12.1 Å². The van der Waals surface area contributed by atoms with E-state index in [2.05, 4.69) is 9.97 Å². The minimum atomic E-state index is -4.54. The van der Waals surface area contributed by atoms with Gasteiger partial charge in [-0.3, -0.25) is 4.79 Å². The molecule has 3 N–H and O–H groups in total. The Balaban J connectivity index is 1.90. The molecule has 4 rings (SSSR count). The summed E-state index contributed by atoms with van der Waals surface area (Å²) in [6.45, 7) is -0.0148. The van der Waals surface area contributed by atoms with Crippen LogP contribution in [-0.4, -0.2) is 34.7 Å². The average molecular weight is 376 g/mol. The first-order valence-corrected chi connectivity index (χ1v) is 8.22. The number of alkyl halides is 3. The highest BCUT2D eigenvalue weighted by Gasteiger charge is 2.44. The molecule has 0 radical (unpaired) electrons. The van der Waals surface area contributed by atoms with Crippen LogP contribution in [0.15, 0.2) is 42.6 Å². The van der Waals surface area contributed by atoms with Gasteiger partial charge in [-0.2, -0.15) is 18.2 Å². The van der Waals surface area contributed by atoms with Crippen LogP contribution in [-0.2, 0) is 0 Å². The summed E-state index contributed by atoms with van der Waals surface area (Å²) in [6, 6.07) is 9.95. The van der Waals surface area contributed by atoms with Crippen molar-refractivity contribution in [2.45, 2.75) is 18.7 Å². The number of nitrogens with zero attached hydrogens (tertiary/aromatic N) is 2. The van der Waals surface area contributed by atoms with Gasteiger partial charge in [0.1, 0.15) is 11.3 Å². The topological polar surface area (TPSA) is 84.2 Å². The lowest BCUT2D eigenvalue weighted by atomic mass is 10.1. The number of hydrogen-bond acceptors (Lipinski definition) is 4. The second-order valence-electron chi connectivity index (χ2n) is 6.20. The molecule has 27 heavy (non-hydrogen) atoms. The number of carbonyl (C=O) groups is 1. The van der Waals surface area contributed by atoms with E-state index in [0.717, 1.165) is 0 Å². The summed E-state index contributed by atoms with van der Waals surface area (Å²) in [6.07, 6.45) is -5.22. The normalized spacial score (nSPS) is 17.3. The molecular formula is C18H15F3N4O2. The number of benzene rings is 1. The predicted molar refractivity (Wildman–Crippen MR) is 93.1 cm³/mol. The number of aromatic amines is 1. The van der Waals surface area contributed by atoms with Crippen LogP contribution in [0.5, 0.6) is 5.88 Å². The van der Waals surface area contributed by atoms with Gasteiger partial charge in [-0.15, -0.1) is 0 Å². The lowest BCUT2D eigenvalue weighted by molar-refractivity contribution is -0.195. The van der Waals surface area contributed by atoms with Gasteiger partial charge < -0.3 is 20.4 Å². The number of nitrogens with one attached hydrogen (secondary N) is 1. The fourth-order valence-corrected chi connectivity index (χ4v) is 3.19. The predicted octanol–water partition coefficient (Wildman–Crippen LogP) is 3.51. The minimum absolute atomic E-state index is 0.0148. The summed E-state index contributed by atoms with van der Waals surface area (Å²) in [5, 5.41) is 0.712. The number of rotatable bonds is 2. The first-order valence-electron chi connectivity index (χ1n) is 8.22. The SMILES string of the molecule is NC(=O)c1ccccc1N1CC[C@H](C(F)(F)F)Oc2nc3[nH]ccc3cc21. The average Bonchev–Trinajstić information content (AvgIpc) is 2.98. The molecule has 140 valence electrons. The molecule has 1 aliphatic heterocycles. The third-order valence-electron chi connectivity index (χ3n) is 4.47. The number of halogens is 3. The van der Waals surface area contributed by atoms with Gasteiger partial charge in [0.15, 0.2) is 6.10 Å². The largest absolute Gasteiger partial charge is 0.463 e. The van der Waals surface area contributed by atoms with Gasteiger partial charge in [0.2, 0.25) is 5.88 Å². The van der Waals surface area contributed by atoms with Gasteiger partial charge in [0.05, 0.1) is 11.3 Å². The molecule has 1 aliphatic rings. The number of nitrogens with two attached hydrogens (primary N) is 1. The lowest BCUT2D eigenvalue weighted by Crippen LogP contribution is -2.35. The van der Waals surface area contributed by atoms with Crippen molar-refractivity contribution >= 4 is 28.3 Å². The second kappa shape index (κ2) is 6.19. The standard InChI is InChI=1S/C18H15F3N4O2/c19-18(20,21)14-6-8-25(12-4-2-1-3-11(12)15(22)26)13-9-10-5-7-23-16(10)24-17(13)27-14/h1-5,7,9,14H,6,8H2,(H2,22,26)(H,23,24)/t14-/m1/s1. The molecule has 0 unspecified atom stereocenters. The van der Waals surface area contributed by atoms with E-state index in [4.69, 9.17) is 10.5 Å². The fourth-order valence-electron chi connectivity index (χ4n) is 3.19. The minimum Gasteiger partial charge on any atom is -0.463 e. The molecule has 0 saturated carbocycles. The highest BCUT2D eigenvalue weighted by atomic mass is 19.4. The zero-order valence-corrected chi connectivity index (χ0v) is 14.0. The Labute approximate surface area is 151 Å². The van der Waals surface area contributed by atoms with Crippen molar-refractivity contribution in [2.24, 2.45) is 5.73 Å². The van der Waals surface area contributed by atoms with Gasteiger partial charge >= 0.3 is 6.18 Å². The Morgan fingerprint density at radius 1 is 1.26 bits per heavy atom. The highest BCUT2D eigenvalue weighted by Crippen LogP contribution is 2.41. The van der Waals surface area contributed by atoms with Crippen LogP contribution in [0.2, 0.25) is 0 Å². The summed E-state index contributed by atoms with van der Waals surface area (Å²) >= 11 is 0. The van der Waals surface area contributed by atoms with Crippen LogP contribution >= 0.6 is 0 Å². The van der Waals surface area contributed by atoms with Crippen LogP contribution in [0.1, 0.15) is 16.8 Å². The number of amides is 1. The van der Waals surface area contributed by atoms with Crippen LogP contribution in [0, 0.1) is 0 Å². The molecule has 3 heterocycles. The fraction of sp³-hybridized carbons (Fsp3) is 0.222. The molecule has 1 atom stereocenters. The summed E-state index contributed by atoms with van der Waals surface area (Å²) in [5.74, 6) is -0.815. The van der Waals surface area contributed by atoms with Crippen molar-refractivity contribution in [2.75, 3.05) is 11.4 Å². The molecule has 9 heteroatoms. The number of carbonyl (C=O) groups excluding carboxylic acids is 1. The first-order chi connectivity index (χ1) is 12.8. The van der Waals surface area contributed by atoms with E-state index >= 15 is 0 Å².